The fraction of sp³-hybridized carbons (Fsp3) is 0.214. The minimum atomic E-state index is -1.14. The molecule has 1 heterocycles. The SMILES string of the molecule is CC(=Nc1ccccc1O[SiH](C)C)c1ncccn1. The molecule has 5 heteroatoms. The Morgan fingerprint density at radius 3 is 2.47 bits per heavy atom. The lowest BCUT2D eigenvalue weighted by Crippen LogP contribution is -2.11. The van der Waals surface area contributed by atoms with Gasteiger partial charge < -0.3 is 4.43 Å². The van der Waals surface area contributed by atoms with Crippen LogP contribution in [0.25, 0.3) is 0 Å². The third kappa shape index (κ3) is 3.72. The molecule has 0 aliphatic heterocycles. The number of rotatable bonds is 4. The van der Waals surface area contributed by atoms with Crippen LogP contribution in [0.3, 0.4) is 0 Å². The molecule has 2 rings (SSSR count). The lowest BCUT2D eigenvalue weighted by molar-refractivity contribution is 0.582. The molecule has 2 aromatic rings. The third-order valence-corrected chi connectivity index (χ3v) is 3.13. The Balaban J connectivity index is 2.32. The summed E-state index contributed by atoms with van der Waals surface area (Å²) in [6.45, 7) is 6.17. The monoisotopic (exact) mass is 271 g/mol. The average Bonchev–Trinajstić information content (AvgIpc) is 2.41. The van der Waals surface area contributed by atoms with E-state index in [0.717, 1.165) is 17.1 Å². The van der Waals surface area contributed by atoms with Crippen LogP contribution in [0.2, 0.25) is 13.1 Å². The van der Waals surface area contributed by atoms with Crippen molar-refractivity contribution in [1.29, 1.82) is 0 Å². The van der Waals surface area contributed by atoms with Crippen molar-refractivity contribution in [2.45, 2.75) is 20.0 Å². The fourth-order valence-corrected chi connectivity index (χ4v) is 2.33. The molecule has 0 radical (unpaired) electrons. The Labute approximate surface area is 114 Å². The van der Waals surface area contributed by atoms with Gasteiger partial charge in [-0.15, -0.1) is 0 Å². The lowest BCUT2D eigenvalue weighted by Gasteiger charge is -2.11. The molecular weight excluding hydrogens is 254 g/mol. The van der Waals surface area contributed by atoms with Gasteiger partial charge >= 0.3 is 0 Å². The van der Waals surface area contributed by atoms with E-state index in [0.29, 0.717) is 5.82 Å². The molecule has 0 saturated heterocycles. The number of para-hydroxylation sites is 2. The number of aromatic nitrogens is 2. The first-order valence-corrected chi connectivity index (χ1v) is 9.03. The third-order valence-electron chi connectivity index (χ3n) is 2.41. The molecule has 0 amide bonds. The van der Waals surface area contributed by atoms with E-state index in [9.17, 15) is 0 Å². The van der Waals surface area contributed by atoms with E-state index in [1.165, 1.54) is 0 Å². The zero-order valence-corrected chi connectivity index (χ0v) is 12.5. The van der Waals surface area contributed by atoms with E-state index >= 15 is 0 Å². The molecule has 0 aliphatic carbocycles. The van der Waals surface area contributed by atoms with Crippen molar-refractivity contribution < 1.29 is 4.43 Å². The second kappa shape index (κ2) is 6.24. The van der Waals surface area contributed by atoms with E-state index in [1.54, 1.807) is 18.5 Å². The standard InChI is InChI=1S/C14H17N3OSi/c1-11(14-15-9-6-10-16-14)17-12-7-4-5-8-13(12)18-19(2)3/h4-10,19H,1-3H3. The first-order chi connectivity index (χ1) is 9.16. The molecule has 4 nitrogen and oxygen atoms in total. The molecular formula is C14H17N3OSi. The van der Waals surface area contributed by atoms with Gasteiger partial charge in [-0.1, -0.05) is 12.1 Å². The Morgan fingerprint density at radius 1 is 1.11 bits per heavy atom. The summed E-state index contributed by atoms with van der Waals surface area (Å²) in [7, 11) is -1.14. The van der Waals surface area contributed by atoms with Crippen LogP contribution in [0, 0.1) is 0 Å². The van der Waals surface area contributed by atoms with E-state index in [2.05, 4.69) is 28.1 Å². The van der Waals surface area contributed by atoms with Crippen LogP contribution in [0.1, 0.15) is 12.7 Å². The number of hydrogen-bond acceptors (Lipinski definition) is 4. The van der Waals surface area contributed by atoms with E-state index in [1.807, 2.05) is 31.2 Å². The van der Waals surface area contributed by atoms with Crippen LogP contribution >= 0.6 is 0 Å². The molecule has 0 aliphatic rings. The summed E-state index contributed by atoms with van der Waals surface area (Å²) in [4.78, 5) is 13.0. The second-order valence-electron chi connectivity index (χ2n) is 4.40. The summed E-state index contributed by atoms with van der Waals surface area (Å²) in [5.41, 5.74) is 1.61. The van der Waals surface area contributed by atoms with Crippen molar-refractivity contribution in [2.24, 2.45) is 4.99 Å². The van der Waals surface area contributed by atoms with Crippen LogP contribution in [-0.2, 0) is 0 Å². The predicted octanol–water partition coefficient (Wildman–Crippen LogP) is 2.98. The predicted molar refractivity (Wildman–Crippen MR) is 79.9 cm³/mol. The smallest absolute Gasteiger partial charge is 0.229 e. The van der Waals surface area contributed by atoms with Crippen molar-refractivity contribution in [2.75, 3.05) is 0 Å². The van der Waals surface area contributed by atoms with Crippen LogP contribution in [0.15, 0.2) is 47.7 Å². The second-order valence-corrected chi connectivity index (χ2v) is 6.74. The highest BCUT2D eigenvalue weighted by molar-refractivity contribution is 6.49. The van der Waals surface area contributed by atoms with Gasteiger partial charge in [0.2, 0.25) is 9.04 Å². The highest BCUT2D eigenvalue weighted by atomic mass is 28.3. The van der Waals surface area contributed by atoms with Gasteiger partial charge in [-0.25, -0.2) is 15.0 Å². The van der Waals surface area contributed by atoms with Crippen LogP contribution < -0.4 is 4.43 Å². The van der Waals surface area contributed by atoms with Crippen LogP contribution in [0.5, 0.6) is 5.75 Å². The number of benzene rings is 1. The van der Waals surface area contributed by atoms with Gasteiger partial charge in [0.25, 0.3) is 0 Å². The van der Waals surface area contributed by atoms with Crippen LogP contribution in [-0.4, -0.2) is 24.7 Å². The Morgan fingerprint density at radius 2 is 1.79 bits per heavy atom. The molecule has 0 N–H and O–H groups in total. The summed E-state index contributed by atoms with van der Waals surface area (Å²) >= 11 is 0. The van der Waals surface area contributed by atoms with Crippen molar-refractivity contribution in [3.8, 4) is 5.75 Å². The van der Waals surface area contributed by atoms with Gasteiger partial charge in [-0.3, -0.25) is 0 Å². The van der Waals surface area contributed by atoms with Crippen LogP contribution in [0.4, 0.5) is 5.69 Å². The molecule has 0 fully saturated rings. The zero-order chi connectivity index (χ0) is 13.7. The maximum absolute atomic E-state index is 5.87. The van der Waals surface area contributed by atoms with Gasteiger partial charge in [-0.2, -0.15) is 0 Å². The number of nitrogens with zero attached hydrogens (tertiary/aromatic N) is 3. The quantitative estimate of drug-likeness (QED) is 0.634. The van der Waals surface area contributed by atoms with Gasteiger partial charge in [-0.05, 0) is 38.2 Å². The average molecular weight is 271 g/mol. The molecule has 0 saturated carbocycles. The molecule has 0 bridgehead atoms. The first kappa shape index (κ1) is 13.4. The normalized spacial score (nSPS) is 11.7. The fourth-order valence-electron chi connectivity index (χ4n) is 1.62. The summed E-state index contributed by atoms with van der Waals surface area (Å²) in [5, 5.41) is 0. The minimum Gasteiger partial charge on any atom is -0.546 e. The summed E-state index contributed by atoms with van der Waals surface area (Å²) in [6.07, 6.45) is 3.43. The lowest BCUT2D eigenvalue weighted by atomic mass is 10.3. The van der Waals surface area contributed by atoms with Gasteiger partial charge in [0.1, 0.15) is 11.4 Å². The topological polar surface area (TPSA) is 47.4 Å². The summed E-state index contributed by atoms with van der Waals surface area (Å²) < 4.78 is 5.87. The summed E-state index contributed by atoms with van der Waals surface area (Å²) in [6, 6.07) is 9.59. The Hall–Kier alpha value is -2.01. The number of hydrogen-bond donors (Lipinski definition) is 0. The highest BCUT2D eigenvalue weighted by Gasteiger charge is 2.06. The molecule has 1 aromatic heterocycles. The summed E-state index contributed by atoms with van der Waals surface area (Å²) in [5.74, 6) is 1.47. The number of aliphatic imine (C=N–C) groups is 1. The Kier molecular flexibility index (Phi) is 4.41. The largest absolute Gasteiger partial charge is 0.546 e. The molecule has 19 heavy (non-hydrogen) atoms. The van der Waals surface area contributed by atoms with Crippen molar-refractivity contribution in [3.05, 3.63) is 48.5 Å². The maximum Gasteiger partial charge on any atom is 0.229 e. The van der Waals surface area contributed by atoms with Crippen molar-refractivity contribution >= 4 is 20.4 Å². The van der Waals surface area contributed by atoms with Crippen molar-refractivity contribution in [3.63, 3.8) is 0 Å². The Bertz CT molecular complexity index is 570. The molecule has 0 unspecified atom stereocenters. The molecule has 98 valence electrons. The highest BCUT2D eigenvalue weighted by Crippen LogP contribution is 2.27. The molecule has 1 aromatic carbocycles. The first-order valence-electron chi connectivity index (χ1n) is 6.25. The zero-order valence-electron chi connectivity index (χ0n) is 11.4. The maximum atomic E-state index is 5.87. The van der Waals surface area contributed by atoms with Gasteiger partial charge in [0.05, 0.1) is 5.71 Å². The van der Waals surface area contributed by atoms with E-state index in [-0.39, 0.29) is 0 Å². The van der Waals surface area contributed by atoms with Crippen molar-refractivity contribution in [1.82, 2.24) is 9.97 Å². The van der Waals surface area contributed by atoms with E-state index in [4.69, 9.17) is 4.43 Å². The molecule has 0 atom stereocenters. The van der Waals surface area contributed by atoms with Gasteiger partial charge in [0, 0.05) is 12.4 Å². The van der Waals surface area contributed by atoms with E-state index < -0.39 is 9.04 Å². The molecule has 0 spiro atoms. The van der Waals surface area contributed by atoms with Gasteiger partial charge in [0.15, 0.2) is 5.82 Å². The minimum absolute atomic E-state index is 0.638.